The lowest BCUT2D eigenvalue weighted by Gasteiger charge is -2.04. The molecule has 0 aliphatic heterocycles. The van der Waals surface area contributed by atoms with Crippen LogP contribution in [0.3, 0.4) is 0 Å². The third-order valence-corrected chi connectivity index (χ3v) is 4.14. The number of anilines is 1. The van der Waals surface area contributed by atoms with Gasteiger partial charge < -0.3 is 16.2 Å². The van der Waals surface area contributed by atoms with Gasteiger partial charge in [0, 0.05) is 30.4 Å². The van der Waals surface area contributed by atoms with E-state index >= 15 is 0 Å². The van der Waals surface area contributed by atoms with E-state index in [4.69, 9.17) is 26.8 Å². The summed E-state index contributed by atoms with van der Waals surface area (Å²) in [4.78, 5) is 4.21. The van der Waals surface area contributed by atoms with Gasteiger partial charge in [-0.1, -0.05) is 0 Å². The highest BCUT2D eigenvalue weighted by Crippen LogP contribution is 2.19. The zero-order valence-electron chi connectivity index (χ0n) is 11.8. The first-order chi connectivity index (χ1) is 10.3. The van der Waals surface area contributed by atoms with Crippen LogP contribution in [0.5, 0.6) is 0 Å². The smallest absolute Gasteiger partial charge is 0.297 e. The van der Waals surface area contributed by atoms with E-state index in [-0.39, 0.29) is 18.2 Å². The number of hydrogen-bond donors (Lipinski definition) is 7. The van der Waals surface area contributed by atoms with E-state index in [2.05, 4.69) is 10.3 Å². The zero-order chi connectivity index (χ0) is 17.2. The number of thioether (sulfide) groups is 1. The zero-order valence-corrected chi connectivity index (χ0v) is 14.2. The van der Waals surface area contributed by atoms with E-state index in [1.807, 2.05) is 10.1 Å². The number of nitrogens with zero attached hydrogens (tertiary/aromatic N) is 1. The molecule has 0 saturated heterocycles. The summed E-state index contributed by atoms with van der Waals surface area (Å²) >= 11 is 2.85. The molecule has 9 N–H and O–H groups in total. The van der Waals surface area contributed by atoms with Crippen molar-refractivity contribution in [1.29, 1.82) is 10.8 Å². The van der Waals surface area contributed by atoms with E-state index in [0.717, 1.165) is 12.8 Å². The summed E-state index contributed by atoms with van der Waals surface area (Å²) in [5.41, 5.74) is 6.01. The van der Waals surface area contributed by atoms with Crippen LogP contribution < -0.4 is 20.9 Å². The average Bonchev–Trinajstić information content (AvgIpc) is 2.82. The van der Waals surface area contributed by atoms with Crippen LogP contribution in [0, 0.1) is 10.8 Å². The fourth-order valence-corrected chi connectivity index (χ4v) is 3.24. The maximum atomic E-state index is 10.7. The predicted molar refractivity (Wildman–Crippen MR) is 90.5 cm³/mol. The predicted octanol–water partition coefficient (Wildman–Crippen LogP) is -0.549. The number of aliphatic hydroxyl groups excluding tert-OH is 1. The summed E-state index contributed by atoms with van der Waals surface area (Å²) in [6.45, 7) is 0. The summed E-state index contributed by atoms with van der Waals surface area (Å²) < 4.78 is 23.2. The second kappa shape index (κ2) is 10.3. The minimum atomic E-state index is -3.86. The van der Waals surface area contributed by atoms with Gasteiger partial charge in [0.15, 0.2) is 11.1 Å². The molecule has 0 saturated carbocycles. The van der Waals surface area contributed by atoms with Gasteiger partial charge >= 0.3 is 0 Å². The van der Waals surface area contributed by atoms with Gasteiger partial charge in [-0.3, -0.25) is 15.5 Å². The van der Waals surface area contributed by atoms with E-state index in [9.17, 15) is 8.42 Å². The van der Waals surface area contributed by atoms with Gasteiger partial charge in [0.05, 0.1) is 5.69 Å². The SMILES string of the molecule is CO.N=C(N)Nc1nc(CSCCC(=N)NS(N)(=O)=O)cs1. The van der Waals surface area contributed by atoms with Crippen molar-refractivity contribution in [2.75, 3.05) is 18.2 Å². The lowest BCUT2D eigenvalue weighted by Crippen LogP contribution is -2.35. The molecule has 0 unspecified atom stereocenters. The fourth-order valence-electron chi connectivity index (χ4n) is 1.12. The summed E-state index contributed by atoms with van der Waals surface area (Å²) in [6.07, 6.45) is 0.268. The number of guanidine groups is 1. The van der Waals surface area contributed by atoms with Crippen molar-refractivity contribution in [1.82, 2.24) is 9.71 Å². The quantitative estimate of drug-likeness (QED) is 0.190. The van der Waals surface area contributed by atoms with Gasteiger partial charge in [0.2, 0.25) is 0 Å². The lowest BCUT2D eigenvalue weighted by atomic mass is 10.5. The molecule has 0 aliphatic rings. The summed E-state index contributed by atoms with van der Waals surface area (Å²) in [5.74, 6) is 0.880. The molecule has 0 atom stereocenters. The first-order valence-electron chi connectivity index (χ1n) is 5.72. The van der Waals surface area contributed by atoms with Crippen LogP contribution in [0.4, 0.5) is 5.13 Å². The Bertz CT molecular complexity index is 587. The van der Waals surface area contributed by atoms with Crippen molar-refractivity contribution in [2.24, 2.45) is 10.9 Å². The van der Waals surface area contributed by atoms with E-state index < -0.39 is 10.2 Å². The maximum Gasteiger partial charge on any atom is 0.297 e. The molecule has 0 fully saturated rings. The van der Waals surface area contributed by atoms with Crippen LogP contribution >= 0.6 is 23.1 Å². The average molecular weight is 369 g/mol. The third kappa shape index (κ3) is 10.3. The van der Waals surface area contributed by atoms with Crippen molar-refractivity contribution in [2.45, 2.75) is 12.2 Å². The van der Waals surface area contributed by atoms with E-state index in [1.54, 1.807) is 0 Å². The van der Waals surface area contributed by atoms with Crippen molar-refractivity contribution in [3.05, 3.63) is 11.1 Å². The fraction of sp³-hybridized carbons (Fsp3) is 0.444. The molecule has 0 bridgehead atoms. The molecule has 10 nitrogen and oxygen atoms in total. The number of nitrogens with one attached hydrogen (secondary N) is 4. The first kappa shape index (κ1) is 20.6. The van der Waals surface area contributed by atoms with Crippen LogP contribution in [0.25, 0.3) is 0 Å². The monoisotopic (exact) mass is 369 g/mol. The van der Waals surface area contributed by atoms with Gasteiger partial charge in [-0.15, -0.1) is 11.3 Å². The number of aromatic nitrogens is 1. The second-order valence-electron chi connectivity index (χ2n) is 3.61. The maximum absolute atomic E-state index is 10.7. The van der Waals surface area contributed by atoms with Crippen LogP contribution in [0.15, 0.2) is 5.38 Å². The molecule has 0 aliphatic carbocycles. The number of aliphatic hydroxyl groups is 1. The molecule has 126 valence electrons. The van der Waals surface area contributed by atoms with Crippen molar-refractivity contribution in [3.8, 4) is 0 Å². The van der Waals surface area contributed by atoms with Crippen LogP contribution in [0.2, 0.25) is 0 Å². The molecule has 1 heterocycles. The molecule has 0 amide bonds. The molecule has 22 heavy (non-hydrogen) atoms. The number of nitrogens with two attached hydrogens (primary N) is 2. The largest absolute Gasteiger partial charge is 0.400 e. The first-order valence-corrected chi connectivity index (χ1v) is 9.30. The van der Waals surface area contributed by atoms with Crippen LogP contribution in [-0.2, 0) is 16.0 Å². The second-order valence-corrected chi connectivity index (χ2v) is 6.87. The molecule has 13 heteroatoms. The normalized spacial score (nSPS) is 10.3. The van der Waals surface area contributed by atoms with Gasteiger partial charge in [0.1, 0.15) is 5.84 Å². The molecule has 0 spiro atoms. The number of rotatable bonds is 7. The Hall–Kier alpha value is -1.41. The summed E-state index contributed by atoms with van der Waals surface area (Å²) in [5, 5.41) is 31.2. The Morgan fingerprint density at radius 2 is 2.14 bits per heavy atom. The van der Waals surface area contributed by atoms with Gasteiger partial charge in [-0.05, 0) is 0 Å². The van der Waals surface area contributed by atoms with Gasteiger partial charge in [0.25, 0.3) is 10.2 Å². The molecular formula is C9H19N7O3S3. The standard InChI is InChI=1S/C8H15N7O2S3.CH4O/c9-6(15-20(12,16)17)1-2-18-3-5-4-19-8(13-5)14-7(10)11;1-2/h4H,1-3H2,(H2,9,15)(H2,12,16,17)(H4,10,11,13,14);2H,1H3. The molecule has 0 aromatic carbocycles. The Labute approximate surface area is 136 Å². The minimum Gasteiger partial charge on any atom is -0.400 e. The van der Waals surface area contributed by atoms with Gasteiger partial charge in [-0.25, -0.2) is 10.1 Å². The Balaban J connectivity index is 0.00000211. The van der Waals surface area contributed by atoms with Crippen molar-refractivity contribution in [3.63, 3.8) is 0 Å². The van der Waals surface area contributed by atoms with Crippen LogP contribution in [0.1, 0.15) is 12.1 Å². The van der Waals surface area contributed by atoms with Crippen LogP contribution in [-0.4, -0.2) is 43.2 Å². The highest BCUT2D eigenvalue weighted by Gasteiger charge is 2.06. The van der Waals surface area contributed by atoms with E-state index in [1.165, 1.54) is 23.1 Å². The van der Waals surface area contributed by atoms with Gasteiger partial charge in [-0.2, -0.15) is 20.2 Å². The molecule has 1 aromatic heterocycles. The number of thiazole rings is 1. The number of hydrogen-bond acceptors (Lipinski definition) is 8. The third-order valence-electron chi connectivity index (χ3n) is 1.81. The van der Waals surface area contributed by atoms with Crippen molar-refractivity contribution < 1.29 is 13.5 Å². The summed E-state index contributed by atoms with van der Waals surface area (Å²) in [7, 11) is -2.86. The lowest BCUT2D eigenvalue weighted by molar-refractivity contribution is 0.399. The molecule has 0 radical (unpaired) electrons. The Morgan fingerprint density at radius 1 is 1.50 bits per heavy atom. The highest BCUT2D eigenvalue weighted by molar-refractivity contribution is 7.98. The number of amidine groups is 1. The van der Waals surface area contributed by atoms with Crippen molar-refractivity contribution >= 4 is 50.2 Å². The van der Waals surface area contributed by atoms with E-state index in [0.29, 0.717) is 16.6 Å². The Morgan fingerprint density at radius 3 is 2.68 bits per heavy atom. The topological polar surface area (TPSA) is 191 Å². The Kier molecular flexibility index (Phi) is 9.68. The molecule has 1 rings (SSSR count). The minimum absolute atomic E-state index is 0.141. The summed E-state index contributed by atoms with van der Waals surface area (Å²) in [6, 6.07) is 0. The highest BCUT2D eigenvalue weighted by atomic mass is 32.2. The molecule has 1 aromatic rings. The molecular weight excluding hydrogens is 350 g/mol.